The third-order valence-electron chi connectivity index (χ3n) is 4.35. The first-order valence-electron chi connectivity index (χ1n) is 7.62. The zero-order valence-corrected chi connectivity index (χ0v) is 13.6. The Morgan fingerprint density at radius 1 is 1.36 bits per heavy atom. The van der Waals surface area contributed by atoms with Crippen molar-refractivity contribution in [2.45, 2.75) is 31.6 Å². The second kappa shape index (κ2) is 5.76. The number of aliphatic hydroxyl groups excluding tert-OH is 1. The molecule has 1 aliphatic heterocycles. The van der Waals surface area contributed by atoms with Gasteiger partial charge >= 0.3 is 5.97 Å². The van der Waals surface area contributed by atoms with Gasteiger partial charge in [0.1, 0.15) is 23.0 Å². The summed E-state index contributed by atoms with van der Waals surface area (Å²) in [4.78, 5) is 23.9. The predicted molar refractivity (Wildman–Crippen MR) is 87.7 cm³/mol. The molecule has 2 heterocycles. The largest absolute Gasteiger partial charge is 0.485 e. The lowest BCUT2D eigenvalue weighted by atomic mass is 9.85. The lowest BCUT2D eigenvalue weighted by Gasteiger charge is -2.42. The van der Waals surface area contributed by atoms with Gasteiger partial charge in [-0.1, -0.05) is 0 Å². The third-order valence-corrected chi connectivity index (χ3v) is 4.35. The Morgan fingerprint density at radius 2 is 2.08 bits per heavy atom. The van der Waals surface area contributed by atoms with Gasteiger partial charge in [-0.2, -0.15) is 5.26 Å². The molecule has 2 N–H and O–H groups in total. The Morgan fingerprint density at radius 3 is 2.72 bits per heavy atom. The van der Waals surface area contributed by atoms with Crippen LogP contribution in [0.15, 0.2) is 41.3 Å². The van der Waals surface area contributed by atoms with E-state index in [1.54, 1.807) is 32.0 Å². The molecule has 2 aromatic rings. The van der Waals surface area contributed by atoms with Crippen molar-refractivity contribution in [1.29, 1.82) is 5.26 Å². The normalized spacial score (nSPS) is 20.9. The molecule has 128 valence electrons. The van der Waals surface area contributed by atoms with E-state index >= 15 is 0 Å². The Bertz CT molecular complexity index is 955. The van der Waals surface area contributed by atoms with E-state index in [4.69, 9.17) is 10.00 Å². The van der Waals surface area contributed by atoms with Gasteiger partial charge in [0.25, 0.3) is 5.56 Å². The van der Waals surface area contributed by atoms with Crippen molar-refractivity contribution >= 4 is 5.97 Å². The fourth-order valence-corrected chi connectivity index (χ4v) is 3.03. The molecule has 0 aliphatic carbocycles. The summed E-state index contributed by atoms with van der Waals surface area (Å²) in [5.74, 6) is -0.905. The van der Waals surface area contributed by atoms with Gasteiger partial charge in [0.15, 0.2) is 0 Å². The summed E-state index contributed by atoms with van der Waals surface area (Å²) in [6.45, 7) is 3.36. The van der Waals surface area contributed by atoms with E-state index in [1.165, 1.54) is 22.9 Å². The van der Waals surface area contributed by atoms with Gasteiger partial charge in [-0.05, 0) is 44.2 Å². The molecule has 7 nitrogen and oxygen atoms in total. The molecule has 1 aliphatic rings. The lowest BCUT2D eigenvalue weighted by molar-refractivity contribution is -0.0643. The molecule has 0 fully saturated rings. The first kappa shape index (κ1) is 16.7. The minimum Gasteiger partial charge on any atom is -0.485 e. The van der Waals surface area contributed by atoms with Crippen LogP contribution in [0.5, 0.6) is 5.75 Å². The first-order chi connectivity index (χ1) is 11.8. The topological polar surface area (TPSA) is 113 Å². The summed E-state index contributed by atoms with van der Waals surface area (Å²) in [6.07, 6.45) is 0.295. The van der Waals surface area contributed by atoms with E-state index in [0.717, 1.165) is 0 Å². The molecule has 0 bridgehead atoms. The molecule has 0 spiro atoms. The highest BCUT2D eigenvalue weighted by Gasteiger charge is 2.44. The maximum atomic E-state index is 12.6. The molecule has 0 saturated carbocycles. The van der Waals surface area contributed by atoms with Crippen LogP contribution in [0.1, 0.15) is 41.4 Å². The number of rotatable bonds is 2. The van der Waals surface area contributed by atoms with Crippen LogP contribution in [-0.4, -0.2) is 32.5 Å². The van der Waals surface area contributed by atoms with Crippen molar-refractivity contribution in [1.82, 2.24) is 4.57 Å². The maximum absolute atomic E-state index is 12.6. The van der Waals surface area contributed by atoms with E-state index in [9.17, 15) is 19.8 Å². The second-order valence-electron chi connectivity index (χ2n) is 6.40. The minimum absolute atomic E-state index is 0.349. The second-order valence-corrected chi connectivity index (χ2v) is 6.40. The van der Waals surface area contributed by atoms with Crippen LogP contribution in [0.25, 0.3) is 0 Å². The molecule has 1 aromatic carbocycles. The SMILES string of the molecule is CC1(C)Oc2ccc(C#N)cc2C(n2cccc(C(=O)O)c2=O)C1O. The molecule has 3 rings (SSSR count). The third kappa shape index (κ3) is 2.66. The van der Waals surface area contributed by atoms with Crippen molar-refractivity contribution in [3.8, 4) is 11.8 Å². The summed E-state index contributed by atoms with van der Waals surface area (Å²) >= 11 is 0. The van der Waals surface area contributed by atoms with E-state index in [2.05, 4.69) is 0 Å². The zero-order valence-electron chi connectivity index (χ0n) is 13.6. The number of aromatic carboxylic acids is 1. The summed E-state index contributed by atoms with van der Waals surface area (Å²) in [5.41, 5.74) is -1.33. The standard InChI is InChI=1S/C18H16N2O5/c1-18(2)15(21)14(12-8-10(9-19)5-6-13(12)25-18)20-7-3-4-11(16(20)22)17(23)24/h3-8,14-15,21H,1-2H3,(H,23,24). The molecule has 25 heavy (non-hydrogen) atoms. The minimum atomic E-state index is -1.34. The molecule has 2 atom stereocenters. The number of ether oxygens (including phenoxy) is 1. The first-order valence-corrected chi connectivity index (χ1v) is 7.62. The monoisotopic (exact) mass is 340 g/mol. The smallest absolute Gasteiger partial charge is 0.341 e. The van der Waals surface area contributed by atoms with E-state index < -0.39 is 34.8 Å². The highest BCUT2D eigenvalue weighted by atomic mass is 16.5. The molecule has 7 heteroatoms. The average Bonchev–Trinajstić information content (AvgIpc) is 2.56. The van der Waals surface area contributed by atoms with Crippen molar-refractivity contribution in [3.63, 3.8) is 0 Å². The summed E-state index contributed by atoms with van der Waals surface area (Å²) in [7, 11) is 0. The fraction of sp³-hybridized carbons (Fsp3) is 0.278. The van der Waals surface area contributed by atoms with Crippen LogP contribution >= 0.6 is 0 Å². The molecule has 1 aromatic heterocycles. The highest BCUT2D eigenvalue weighted by molar-refractivity contribution is 5.87. The number of benzene rings is 1. The van der Waals surface area contributed by atoms with Crippen LogP contribution in [0, 0.1) is 11.3 Å². The average molecular weight is 340 g/mol. The Balaban J connectivity index is 2.29. The van der Waals surface area contributed by atoms with E-state index in [0.29, 0.717) is 16.9 Å². The summed E-state index contributed by atoms with van der Waals surface area (Å²) in [6, 6.07) is 8.52. The zero-order chi connectivity index (χ0) is 18.4. The quantitative estimate of drug-likeness (QED) is 0.857. The number of carboxylic acids is 1. The molecular formula is C18H16N2O5. The maximum Gasteiger partial charge on any atom is 0.341 e. The lowest BCUT2D eigenvalue weighted by Crippen LogP contribution is -2.52. The van der Waals surface area contributed by atoms with E-state index in [1.807, 2.05) is 6.07 Å². The molecule has 0 amide bonds. The van der Waals surface area contributed by atoms with Crippen molar-refractivity contribution < 1.29 is 19.7 Å². The predicted octanol–water partition coefficient (Wildman–Crippen LogP) is 1.54. The molecule has 0 saturated heterocycles. The highest BCUT2D eigenvalue weighted by Crippen LogP contribution is 2.41. The Labute approximate surface area is 143 Å². The van der Waals surface area contributed by atoms with Crippen LogP contribution in [0.4, 0.5) is 0 Å². The fourth-order valence-electron chi connectivity index (χ4n) is 3.03. The van der Waals surface area contributed by atoms with Gasteiger partial charge in [0, 0.05) is 11.8 Å². The Hall–Kier alpha value is -3.11. The number of hydrogen-bond acceptors (Lipinski definition) is 5. The molecular weight excluding hydrogens is 324 g/mol. The number of aliphatic hydroxyl groups is 1. The number of fused-ring (bicyclic) bond motifs is 1. The van der Waals surface area contributed by atoms with Crippen molar-refractivity contribution in [3.05, 3.63) is 63.6 Å². The van der Waals surface area contributed by atoms with Crippen LogP contribution < -0.4 is 10.3 Å². The van der Waals surface area contributed by atoms with Crippen molar-refractivity contribution in [2.24, 2.45) is 0 Å². The van der Waals surface area contributed by atoms with Crippen LogP contribution in [-0.2, 0) is 0 Å². The number of aromatic nitrogens is 1. The number of nitrogens with zero attached hydrogens (tertiary/aromatic N) is 2. The van der Waals surface area contributed by atoms with E-state index in [-0.39, 0.29) is 0 Å². The Kier molecular flexibility index (Phi) is 3.85. The number of carbonyl (C=O) groups is 1. The number of pyridine rings is 1. The van der Waals surface area contributed by atoms with Gasteiger partial charge in [-0.3, -0.25) is 4.79 Å². The summed E-state index contributed by atoms with van der Waals surface area (Å²) in [5, 5.41) is 29.1. The number of hydrogen-bond donors (Lipinski definition) is 2. The number of carboxylic acid groups (broad SMARTS) is 1. The summed E-state index contributed by atoms with van der Waals surface area (Å²) < 4.78 is 6.99. The van der Waals surface area contributed by atoms with Gasteiger partial charge < -0.3 is 19.5 Å². The van der Waals surface area contributed by atoms with Crippen molar-refractivity contribution in [2.75, 3.05) is 0 Å². The molecule has 0 radical (unpaired) electrons. The molecule has 2 unspecified atom stereocenters. The van der Waals surface area contributed by atoms with Gasteiger partial charge in [-0.25, -0.2) is 4.79 Å². The van der Waals surface area contributed by atoms with Gasteiger partial charge in [0.2, 0.25) is 0 Å². The van der Waals surface area contributed by atoms with Gasteiger partial charge in [-0.15, -0.1) is 0 Å². The van der Waals surface area contributed by atoms with Crippen LogP contribution in [0.2, 0.25) is 0 Å². The number of nitriles is 1. The van der Waals surface area contributed by atoms with Gasteiger partial charge in [0.05, 0.1) is 17.7 Å². The van der Waals surface area contributed by atoms with Crippen LogP contribution in [0.3, 0.4) is 0 Å².